The van der Waals surface area contributed by atoms with Gasteiger partial charge in [-0.25, -0.2) is 4.90 Å². The zero-order valence-corrected chi connectivity index (χ0v) is 17.4. The normalized spacial score (nSPS) is 23.2. The summed E-state index contributed by atoms with van der Waals surface area (Å²) in [5.74, 6) is -3.36. The average Bonchev–Trinajstić information content (AvgIpc) is 3.22. The van der Waals surface area contributed by atoms with Crippen LogP contribution < -0.4 is 15.4 Å². The quantitative estimate of drug-likeness (QED) is 0.661. The molecule has 33 heavy (non-hydrogen) atoms. The summed E-state index contributed by atoms with van der Waals surface area (Å²) in [6.45, 7) is 1.56. The highest BCUT2D eigenvalue weighted by Gasteiger charge is 2.60. The molecule has 2 heterocycles. The molecule has 0 aliphatic carbocycles. The van der Waals surface area contributed by atoms with Crippen LogP contribution in [0.4, 0.5) is 18.9 Å². The minimum Gasteiger partial charge on any atom is -0.406 e. The first kappa shape index (κ1) is 22.7. The van der Waals surface area contributed by atoms with E-state index < -0.39 is 54.4 Å². The summed E-state index contributed by atoms with van der Waals surface area (Å²) < 4.78 is 41.3. The number of hydrogen-bond acceptors (Lipinski definition) is 6. The van der Waals surface area contributed by atoms with Gasteiger partial charge in [0.05, 0.1) is 17.6 Å². The number of hydroxylamine groups is 2. The van der Waals surface area contributed by atoms with Crippen LogP contribution in [0.3, 0.4) is 0 Å². The van der Waals surface area contributed by atoms with Crippen LogP contribution in [-0.4, -0.2) is 41.8 Å². The van der Waals surface area contributed by atoms with E-state index in [9.17, 15) is 27.6 Å². The van der Waals surface area contributed by atoms with Crippen molar-refractivity contribution in [3.63, 3.8) is 0 Å². The standard InChI is InChI=1S/C22H20F3N3O5/c1-2-12-3-7-14(8-4-12)28-20(30)17-18(27(11-16(26)29)33-19(17)21(28)31)13-5-9-15(10-6-13)32-22(23,24)25/h3-10,17-19H,2,11H2,1H3,(H2,26,29). The Balaban J connectivity index is 1.66. The van der Waals surface area contributed by atoms with Gasteiger partial charge in [-0.3, -0.25) is 19.2 Å². The monoisotopic (exact) mass is 463 g/mol. The topological polar surface area (TPSA) is 102 Å². The number of nitrogens with zero attached hydrogens (tertiary/aromatic N) is 2. The summed E-state index contributed by atoms with van der Waals surface area (Å²) in [5, 5.41) is 1.13. The number of imide groups is 1. The maximum atomic E-state index is 13.3. The molecule has 2 aromatic carbocycles. The number of nitrogens with two attached hydrogens (primary N) is 1. The number of alkyl halides is 3. The summed E-state index contributed by atoms with van der Waals surface area (Å²) >= 11 is 0. The van der Waals surface area contributed by atoms with Gasteiger partial charge in [0.25, 0.3) is 5.91 Å². The van der Waals surface area contributed by atoms with Crippen LogP contribution in [0.15, 0.2) is 48.5 Å². The zero-order chi connectivity index (χ0) is 23.9. The minimum atomic E-state index is -4.86. The van der Waals surface area contributed by atoms with E-state index in [2.05, 4.69) is 4.74 Å². The minimum absolute atomic E-state index is 0.364. The van der Waals surface area contributed by atoms with Gasteiger partial charge >= 0.3 is 6.36 Å². The Morgan fingerprint density at radius 3 is 2.24 bits per heavy atom. The third-order valence-electron chi connectivity index (χ3n) is 5.56. The number of primary amides is 1. The lowest BCUT2D eigenvalue weighted by Crippen LogP contribution is -2.40. The van der Waals surface area contributed by atoms with Gasteiger partial charge in [0.1, 0.15) is 12.3 Å². The van der Waals surface area contributed by atoms with Crippen molar-refractivity contribution in [2.45, 2.75) is 31.9 Å². The molecule has 0 spiro atoms. The first-order valence-electron chi connectivity index (χ1n) is 10.1. The summed E-state index contributed by atoms with van der Waals surface area (Å²) in [6.07, 6.45) is -5.27. The Kier molecular flexibility index (Phi) is 5.85. The third-order valence-corrected chi connectivity index (χ3v) is 5.56. The second-order valence-corrected chi connectivity index (χ2v) is 7.69. The predicted octanol–water partition coefficient (Wildman–Crippen LogP) is 2.48. The first-order chi connectivity index (χ1) is 15.6. The van der Waals surface area contributed by atoms with Gasteiger partial charge in [-0.15, -0.1) is 13.2 Å². The second-order valence-electron chi connectivity index (χ2n) is 7.69. The van der Waals surface area contributed by atoms with Crippen molar-refractivity contribution in [3.8, 4) is 5.75 Å². The largest absolute Gasteiger partial charge is 0.573 e. The average molecular weight is 463 g/mol. The Labute approximate surface area is 186 Å². The summed E-state index contributed by atoms with van der Waals surface area (Å²) in [5.41, 5.74) is 7.06. The van der Waals surface area contributed by atoms with Crippen LogP contribution in [0.1, 0.15) is 24.1 Å². The van der Waals surface area contributed by atoms with E-state index in [-0.39, 0.29) is 0 Å². The van der Waals surface area contributed by atoms with Crippen LogP contribution in [0.25, 0.3) is 0 Å². The van der Waals surface area contributed by atoms with Gasteiger partial charge in [-0.1, -0.05) is 31.2 Å². The number of rotatable bonds is 6. The third kappa shape index (κ3) is 4.41. The lowest BCUT2D eigenvalue weighted by atomic mass is 9.90. The fourth-order valence-electron chi connectivity index (χ4n) is 4.13. The number of ether oxygens (including phenoxy) is 1. The fraction of sp³-hybridized carbons (Fsp3) is 0.318. The SMILES string of the molecule is CCc1ccc(N2C(=O)C3ON(CC(N)=O)C(c4ccc(OC(F)(F)F)cc4)C3C2=O)cc1. The molecule has 2 fully saturated rings. The predicted molar refractivity (Wildman–Crippen MR) is 108 cm³/mol. The Bertz CT molecular complexity index is 1070. The molecule has 8 nitrogen and oxygen atoms in total. The number of amides is 3. The van der Waals surface area contributed by atoms with Crippen molar-refractivity contribution in [1.82, 2.24) is 5.06 Å². The number of anilines is 1. The molecule has 2 N–H and O–H groups in total. The number of carbonyl (C=O) groups is 3. The highest BCUT2D eigenvalue weighted by atomic mass is 19.4. The Morgan fingerprint density at radius 2 is 1.70 bits per heavy atom. The maximum absolute atomic E-state index is 13.3. The number of hydrogen-bond donors (Lipinski definition) is 1. The molecule has 2 aromatic rings. The molecular weight excluding hydrogens is 443 g/mol. The Morgan fingerprint density at radius 1 is 1.06 bits per heavy atom. The zero-order valence-electron chi connectivity index (χ0n) is 17.4. The molecule has 11 heteroatoms. The molecule has 3 unspecified atom stereocenters. The van der Waals surface area contributed by atoms with Crippen LogP contribution in [-0.2, 0) is 25.6 Å². The molecule has 0 aromatic heterocycles. The molecule has 174 valence electrons. The summed E-state index contributed by atoms with van der Waals surface area (Å²) in [6, 6.07) is 10.8. The number of fused-ring (bicyclic) bond motifs is 1. The van der Waals surface area contributed by atoms with Gasteiger partial charge in [0.15, 0.2) is 6.10 Å². The van der Waals surface area contributed by atoms with E-state index in [0.717, 1.165) is 34.1 Å². The molecule has 2 aliphatic heterocycles. The van der Waals surface area contributed by atoms with Gasteiger partial charge in [0, 0.05) is 0 Å². The first-order valence-corrected chi connectivity index (χ1v) is 10.1. The van der Waals surface area contributed by atoms with Crippen molar-refractivity contribution < 1.29 is 37.1 Å². The van der Waals surface area contributed by atoms with Gasteiger partial charge < -0.3 is 10.5 Å². The molecule has 3 amide bonds. The fourth-order valence-corrected chi connectivity index (χ4v) is 4.13. The molecular formula is C22H20F3N3O5. The highest BCUT2D eigenvalue weighted by Crippen LogP contribution is 2.45. The smallest absolute Gasteiger partial charge is 0.406 e. The van der Waals surface area contributed by atoms with Crippen molar-refractivity contribution in [2.75, 3.05) is 11.4 Å². The van der Waals surface area contributed by atoms with E-state index in [1.54, 1.807) is 24.3 Å². The molecule has 0 radical (unpaired) electrons. The number of carbonyl (C=O) groups excluding carboxylic acids is 3. The van der Waals surface area contributed by atoms with Crippen LogP contribution in [0.5, 0.6) is 5.75 Å². The van der Waals surface area contributed by atoms with E-state index in [0.29, 0.717) is 11.3 Å². The lowest BCUT2D eigenvalue weighted by Gasteiger charge is -2.26. The maximum Gasteiger partial charge on any atom is 0.573 e. The molecule has 2 aliphatic rings. The molecule has 4 rings (SSSR count). The summed E-state index contributed by atoms with van der Waals surface area (Å²) in [4.78, 5) is 44.6. The van der Waals surface area contributed by atoms with E-state index in [1.807, 2.05) is 6.92 Å². The van der Waals surface area contributed by atoms with Gasteiger partial charge in [-0.05, 0) is 41.8 Å². The van der Waals surface area contributed by atoms with E-state index in [4.69, 9.17) is 10.6 Å². The summed E-state index contributed by atoms with van der Waals surface area (Å²) in [7, 11) is 0. The molecule has 2 saturated heterocycles. The van der Waals surface area contributed by atoms with Crippen LogP contribution in [0, 0.1) is 5.92 Å². The Hall–Kier alpha value is -3.44. The van der Waals surface area contributed by atoms with Crippen LogP contribution in [0.2, 0.25) is 0 Å². The van der Waals surface area contributed by atoms with Crippen molar-refractivity contribution >= 4 is 23.4 Å². The highest BCUT2D eigenvalue weighted by molar-refractivity contribution is 6.23. The van der Waals surface area contributed by atoms with Crippen molar-refractivity contribution in [2.24, 2.45) is 11.7 Å². The van der Waals surface area contributed by atoms with Gasteiger partial charge in [0.2, 0.25) is 11.8 Å². The van der Waals surface area contributed by atoms with Crippen LogP contribution >= 0.6 is 0 Å². The second kappa shape index (κ2) is 8.49. The van der Waals surface area contributed by atoms with Crippen molar-refractivity contribution in [3.05, 3.63) is 59.7 Å². The number of halogens is 3. The lowest BCUT2D eigenvalue weighted by molar-refractivity contribution is -0.274. The number of benzene rings is 2. The number of aryl methyl sites for hydroxylation is 1. The van der Waals surface area contributed by atoms with Crippen molar-refractivity contribution in [1.29, 1.82) is 0 Å². The van der Waals surface area contributed by atoms with E-state index in [1.165, 1.54) is 12.1 Å². The molecule has 0 bridgehead atoms. The molecule has 3 atom stereocenters. The molecule has 0 saturated carbocycles. The van der Waals surface area contributed by atoms with E-state index >= 15 is 0 Å². The van der Waals surface area contributed by atoms with Gasteiger partial charge in [-0.2, -0.15) is 5.06 Å².